The van der Waals surface area contributed by atoms with Crippen molar-refractivity contribution in [1.29, 1.82) is 0 Å². The summed E-state index contributed by atoms with van der Waals surface area (Å²) in [5.74, 6) is -1.67. The van der Waals surface area contributed by atoms with E-state index < -0.39 is 11.9 Å². The number of aromatic nitrogens is 8. The second kappa shape index (κ2) is 65.9. The summed E-state index contributed by atoms with van der Waals surface area (Å²) in [6.45, 7) is 69.4. The Morgan fingerprint density at radius 3 is 0.471 bits per heavy atom. The van der Waals surface area contributed by atoms with E-state index in [4.69, 9.17) is 19.8 Å². The number of carboxylic acids is 2. The molecule has 4 aromatic rings. The summed E-state index contributed by atoms with van der Waals surface area (Å²) in [6, 6.07) is 4.12. The van der Waals surface area contributed by atoms with Crippen LogP contribution >= 0.6 is 38.7 Å². The normalized spacial score (nSPS) is 16.4. The Hall–Kier alpha value is -7.93. The third-order valence-corrected chi connectivity index (χ3v) is 19.7. The van der Waals surface area contributed by atoms with Gasteiger partial charge in [0.05, 0.1) is 28.2 Å². The van der Waals surface area contributed by atoms with Gasteiger partial charge in [-0.05, 0) is 336 Å². The van der Waals surface area contributed by atoms with Gasteiger partial charge in [-0.2, -0.15) is 98.3 Å². The molecule has 0 radical (unpaired) electrons. The van der Waals surface area contributed by atoms with Gasteiger partial charge in [0.15, 0.2) is 0 Å². The number of aliphatic carboxylic acids is 2. The van der Waals surface area contributed by atoms with Crippen molar-refractivity contribution in [2.75, 3.05) is 68.2 Å². The quantitative estimate of drug-likeness (QED) is 0.0383. The molecule has 2 N–H and O–H groups in total. The van der Waals surface area contributed by atoms with E-state index in [2.05, 4.69) is 520 Å². The Balaban J connectivity index is 0.000000762. The van der Waals surface area contributed by atoms with E-state index in [9.17, 15) is 0 Å². The first-order valence-corrected chi connectivity index (χ1v) is 56.8. The Morgan fingerprint density at radius 2 is 0.382 bits per heavy atom. The molecule has 0 amide bonds. The Bertz CT molecular complexity index is 3680. The zero-order valence-corrected chi connectivity index (χ0v) is 96.4. The maximum atomic E-state index is 9.00. The molecule has 0 fully saturated rings. The number of rotatable bonds is 24. The maximum absolute atomic E-state index is 9.00. The van der Waals surface area contributed by atoms with Crippen LogP contribution in [0.4, 0.5) is 0 Å². The summed E-state index contributed by atoms with van der Waals surface area (Å²) >= 11 is 5.30. The van der Waals surface area contributed by atoms with Crippen molar-refractivity contribution in [1.82, 2.24) is 136 Å². The fourth-order valence-corrected chi connectivity index (χ4v) is 12.6. The number of hydrogen-bond acceptors (Lipinski definition) is 26. The summed E-state index contributed by atoms with van der Waals surface area (Å²) in [6.07, 6.45) is 74.7. The third-order valence-electron chi connectivity index (χ3n) is 19.7. The van der Waals surface area contributed by atoms with Crippen molar-refractivity contribution in [2.45, 2.75) is 201 Å². The number of carboxylic acid groups (broad SMARTS) is 2. The van der Waals surface area contributed by atoms with E-state index >= 15 is 0 Å². The van der Waals surface area contributed by atoms with Crippen LogP contribution in [0.1, 0.15) is 139 Å². The smallest absolute Gasteiger partial charge is 2.00 e. The average molecular weight is 2840 g/mol. The molecule has 136 heavy (non-hydrogen) atoms. The van der Waals surface area contributed by atoms with Gasteiger partial charge in [-0.1, -0.05) is 14.9 Å². The van der Waals surface area contributed by atoms with E-state index in [1.807, 2.05) is 144 Å². The Kier molecular flexibility index (Phi) is 61.1. The van der Waals surface area contributed by atoms with E-state index in [0.29, 0.717) is 59.5 Å². The van der Waals surface area contributed by atoms with Gasteiger partial charge in [-0.25, -0.2) is 18.3 Å². The standard InChI is InChI=1S/4C13H22N4.4C9H14N4.2C2H4O2.2CH4.2HI.4Pt/c4*1-12(2)16-7-5-14(10-16)9-15-6-8-17(11-15)13(3)4;4*1-10-3-5-12(7-10)9-13-6-4-11(2)8-13;2*1-2(3)4;;;;;;;;/h4*5-8,10-13H,9H2,1-4H3;4*3-8H,9H2,1-2H3;2*1H3,(H,3,4);2*1H4;2*1H;;;;/q6*-2;2*+2;;;;;;;+2;3*+4/p-2. The first-order valence-electron chi connectivity index (χ1n) is 43.9. The van der Waals surface area contributed by atoms with Crippen molar-refractivity contribution < 1.29 is 112 Å². The molecular formula is C94H160I2N32O4Pt4+4. The summed E-state index contributed by atoms with van der Waals surface area (Å²) < 4.78 is 16.6. The predicted octanol–water partition coefficient (Wildman–Crippen LogP) is 12.1. The van der Waals surface area contributed by atoms with Gasteiger partial charge in [0.2, 0.25) is 38.6 Å². The van der Waals surface area contributed by atoms with Crippen LogP contribution in [0.3, 0.4) is 0 Å². The molecule has 0 spiro atoms. The second-order valence-corrected chi connectivity index (χ2v) is 51.3. The summed E-state index contributed by atoms with van der Waals surface area (Å²) in [5, 5.41) is 14.8. The molecule has 4 aromatic heterocycles. The minimum absolute atomic E-state index is 0. The molecule has 0 unspecified atom stereocenters. The van der Waals surface area contributed by atoms with Crippen LogP contribution < -0.4 is 18.3 Å². The molecule has 42 heteroatoms. The van der Waals surface area contributed by atoms with Crippen molar-refractivity contribution in [3.63, 3.8) is 0 Å². The molecule has 0 atom stereocenters. The van der Waals surface area contributed by atoms with Crippen LogP contribution in [0, 0.1) is 80.0 Å². The van der Waals surface area contributed by atoms with Crippen LogP contribution in [0.5, 0.6) is 0 Å². The zero-order valence-electron chi connectivity index (χ0n) is 83.0. The minimum Gasteiger partial charge on any atom is 2.00 e. The molecule has 16 heterocycles. The largest absolute Gasteiger partial charge is 4.00 e. The minimum atomic E-state index is -0.833. The summed E-state index contributed by atoms with van der Waals surface area (Å²) in [4.78, 5) is 69.8. The van der Waals surface area contributed by atoms with Gasteiger partial charge in [-0.15, -0.1) is 0 Å². The van der Waals surface area contributed by atoms with E-state index in [0.717, 1.165) is 67.2 Å². The molecule has 0 aliphatic carbocycles. The fourth-order valence-electron chi connectivity index (χ4n) is 12.6. The number of carbonyl (C=O) groups is 2. The summed E-state index contributed by atoms with van der Waals surface area (Å²) in [5.41, 5.74) is 0. The molecule has 0 bridgehead atoms. The van der Waals surface area contributed by atoms with Gasteiger partial charge >= 0.3 is 113 Å². The van der Waals surface area contributed by atoms with Crippen LogP contribution in [0.15, 0.2) is 224 Å². The van der Waals surface area contributed by atoms with Gasteiger partial charge < -0.3 is 128 Å². The molecule has 12 aliphatic heterocycles. The van der Waals surface area contributed by atoms with E-state index in [-0.39, 0.29) is 78.0 Å². The first kappa shape index (κ1) is 126. The van der Waals surface area contributed by atoms with Gasteiger partial charge in [0.25, 0.3) is 11.9 Å². The van der Waals surface area contributed by atoms with Crippen LogP contribution in [-0.4, -0.2) is 275 Å². The van der Waals surface area contributed by atoms with Crippen molar-refractivity contribution >= 4 is 50.6 Å². The number of aryl methyl sites for hydroxylation is 4. The van der Waals surface area contributed by atoms with Gasteiger partial charge in [0, 0.05) is 53.9 Å². The van der Waals surface area contributed by atoms with Gasteiger partial charge in [0.1, 0.15) is 49.6 Å². The van der Waals surface area contributed by atoms with Gasteiger partial charge in [-0.3, -0.25) is 9.59 Å². The molecule has 770 valence electrons. The number of nitrogens with zero attached hydrogens (tertiary/aromatic N) is 32. The number of hydrogen-bond donors (Lipinski definition) is 2. The molecule has 0 aromatic carbocycles. The number of imidazole rings is 4. The molecule has 12 aliphatic rings. The fraction of sp³-hybridized carbons (Fsp3) is 0.468. The topological polar surface area (TPSA) is 188 Å². The Labute approximate surface area is 892 Å². The predicted molar refractivity (Wildman–Crippen MR) is 541 cm³/mol. The van der Waals surface area contributed by atoms with Crippen molar-refractivity contribution in [3.05, 3.63) is 304 Å². The maximum Gasteiger partial charge on any atom is 4.00 e. The van der Waals surface area contributed by atoms with Crippen LogP contribution in [-0.2, 0) is 126 Å². The van der Waals surface area contributed by atoms with E-state index in [1.54, 1.807) is 0 Å². The first-order chi connectivity index (χ1) is 62.1. The summed E-state index contributed by atoms with van der Waals surface area (Å²) in [7, 11) is 16.2. The molecule has 0 saturated carbocycles. The zero-order chi connectivity index (χ0) is 96.6. The molecule has 0 saturated heterocycles. The second-order valence-electron chi connectivity index (χ2n) is 34.7. The molecule has 16 rings (SSSR count). The van der Waals surface area contributed by atoms with E-state index in [1.165, 1.54) is 0 Å². The molecular weight excluding hydrogens is 2680 g/mol. The van der Waals surface area contributed by atoms with Crippen LogP contribution in [0.2, 0.25) is 0 Å². The molecule has 36 nitrogen and oxygen atoms in total. The Morgan fingerprint density at radius 1 is 0.265 bits per heavy atom. The van der Waals surface area contributed by atoms with Crippen molar-refractivity contribution in [2.24, 2.45) is 28.2 Å². The third kappa shape index (κ3) is 49.3. The number of halogens is 2. The SMILES string of the molecule is C.C.CC(=O)O.CC(=O)O.CC(C)N1C=CN(CN2C=CN(C(C)C)[CH-]2)[CH-]1.CC(C)N1C=CN(CN2C=CN(C(C)C)[CH-]2)[CH-]1.CC(C)N1C=CN(CN2C=CN(C(C)C)[CH-]2)[CH-]1.CC(C)N1C=CN(CN2C=CN(C(C)C)[CH-]2)[CH-]1.CN1C=CN(CN2C=CN(C)[CH-]2)[CH-]1.CN1C=CN(CN2C=CN(C)[CH-]2)[CH-]1.C[n+]1ccn(Cn2cc[n+](C)c2)c1.C[n+]1ccn(Cn2cc[n+](C)c2)c1.[I][Pt+2][I].[Pt+2].[Pt+4].[Pt+4]. The van der Waals surface area contributed by atoms with Crippen molar-refractivity contribution in [3.8, 4) is 0 Å². The monoisotopic (exact) mass is 2830 g/mol. The van der Waals surface area contributed by atoms with Crippen LogP contribution in [0.25, 0.3) is 0 Å². The average Bonchev–Trinajstić information content (AvgIpc) is 1.75.